The highest BCUT2D eigenvalue weighted by atomic mass is 32.1. The Morgan fingerprint density at radius 3 is 2.61 bits per heavy atom. The second kappa shape index (κ2) is 6.69. The minimum atomic E-state index is 0.748. The summed E-state index contributed by atoms with van der Waals surface area (Å²) in [4.78, 5) is 2.91. The number of aryl methyl sites for hydroxylation is 2. The molecule has 2 rings (SSSR count). The predicted octanol–water partition coefficient (Wildman–Crippen LogP) is 3.22. The third-order valence-electron chi connectivity index (χ3n) is 4.29. The highest BCUT2D eigenvalue weighted by molar-refractivity contribution is 7.12. The van der Waals surface area contributed by atoms with Crippen LogP contribution in [0.15, 0.2) is 6.07 Å². The van der Waals surface area contributed by atoms with Crippen molar-refractivity contribution in [3.63, 3.8) is 0 Å². The molecule has 1 aromatic heterocycles. The molecule has 2 unspecified atom stereocenters. The Labute approximate surface area is 115 Å². The van der Waals surface area contributed by atoms with Crippen LogP contribution in [0.5, 0.6) is 0 Å². The fourth-order valence-corrected chi connectivity index (χ4v) is 4.00. The van der Waals surface area contributed by atoms with Gasteiger partial charge >= 0.3 is 0 Å². The van der Waals surface area contributed by atoms with Crippen LogP contribution in [0, 0.1) is 25.7 Å². The van der Waals surface area contributed by atoms with E-state index in [9.17, 15) is 0 Å². The summed E-state index contributed by atoms with van der Waals surface area (Å²) in [7, 11) is 0. The van der Waals surface area contributed by atoms with Crippen molar-refractivity contribution in [2.24, 2.45) is 17.6 Å². The second-order valence-electron chi connectivity index (χ2n) is 5.62. The number of hydrogen-bond acceptors (Lipinski definition) is 3. The van der Waals surface area contributed by atoms with Crippen molar-refractivity contribution in [1.82, 2.24) is 5.32 Å². The number of hydrogen-bond donors (Lipinski definition) is 2. The molecule has 0 spiro atoms. The molecule has 3 N–H and O–H groups in total. The Kier molecular flexibility index (Phi) is 5.22. The van der Waals surface area contributed by atoms with Gasteiger partial charge in [0, 0.05) is 16.3 Å². The van der Waals surface area contributed by atoms with Crippen LogP contribution in [-0.4, -0.2) is 13.1 Å². The topological polar surface area (TPSA) is 38.0 Å². The lowest BCUT2D eigenvalue weighted by Gasteiger charge is -2.30. The molecule has 1 saturated carbocycles. The molecule has 1 fully saturated rings. The average molecular weight is 266 g/mol. The molecular formula is C15H26N2S. The van der Waals surface area contributed by atoms with Crippen molar-refractivity contribution in [1.29, 1.82) is 0 Å². The van der Waals surface area contributed by atoms with Crippen molar-refractivity contribution >= 4 is 11.3 Å². The van der Waals surface area contributed by atoms with Crippen LogP contribution in [0.25, 0.3) is 0 Å². The summed E-state index contributed by atoms with van der Waals surface area (Å²) in [6.45, 7) is 7.42. The van der Waals surface area contributed by atoms with Crippen LogP contribution in [-0.2, 0) is 6.54 Å². The molecule has 1 aliphatic carbocycles. The number of rotatable bonds is 5. The minimum absolute atomic E-state index is 0.748. The molecule has 3 heteroatoms. The fraction of sp³-hybridized carbons (Fsp3) is 0.733. The fourth-order valence-electron chi connectivity index (χ4n) is 2.98. The molecule has 0 aliphatic heterocycles. The van der Waals surface area contributed by atoms with Gasteiger partial charge in [0.05, 0.1) is 0 Å². The summed E-state index contributed by atoms with van der Waals surface area (Å²) in [5.74, 6) is 1.55. The molecule has 0 saturated heterocycles. The number of thiophene rings is 1. The average Bonchev–Trinajstić information content (AvgIpc) is 2.69. The third-order valence-corrected chi connectivity index (χ3v) is 5.44. The molecule has 1 aromatic rings. The highest BCUT2D eigenvalue weighted by Gasteiger charge is 2.23. The molecule has 1 heterocycles. The molecular weight excluding hydrogens is 240 g/mol. The summed E-state index contributed by atoms with van der Waals surface area (Å²) in [6, 6.07) is 2.31. The van der Waals surface area contributed by atoms with Crippen LogP contribution in [0.3, 0.4) is 0 Å². The van der Waals surface area contributed by atoms with Gasteiger partial charge in [0.1, 0.15) is 0 Å². The SMILES string of the molecule is Cc1cc(CNCC2CCCCC2CN)sc1C. The molecule has 18 heavy (non-hydrogen) atoms. The summed E-state index contributed by atoms with van der Waals surface area (Å²) >= 11 is 1.92. The molecule has 0 radical (unpaired) electrons. The van der Waals surface area contributed by atoms with Crippen LogP contribution < -0.4 is 11.1 Å². The second-order valence-corrected chi connectivity index (χ2v) is 6.96. The van der Waals surface area contributed by atoms with Crippen molar-refractivity contribution < 1.29 is 0 Å². The molecule has 102 valence electrons. The Morgan fingerprint density at radius 1 is 1.28 bits per heavy atom. The van der Waals surface area contributed by atoms with Crippen molar-refractivity contribution in [3.05, 3.63) is 21.4 Å². The quantitative estimate of drug-likeness (QED) is 0.859. The van der Waals surface area contributed by atoms with E-state index < -0.39 is 0 Å². The summed E-state index contributed by atoms with van der Waals surface area (Å²) in [5, 5.41) is 3.63. The van der Waals surface area contributed by atoms with E-state index in [4.69, 9.17) is 5.73 Å². The lowest BCUT2D eigenvalue weighted by molar-refractivity contribution is 0.236. The largest absolute Gasteiger partial charge is 0.330 e. The van der Waals surface area contributed by atoms with E-state index in [-0.39, 0.29) is 0 Å². The molecule has 0 amide bonds. The summed E-state index contributed by atoms with van der Waals surface area (Å²) in [6.07, 6.45) is 5.46. The smallest absolute Gasteiger partial charge is 0.0300 e. The molecule has 1 aliphatic rings. The number of nitrogens with two attached hydrogens (primary N) is 1. The van der Waals surface area contributed by atoms with Gasteiger partial charge in [-0.15, -0.1) is 11.3 Å². The first-order valence-corrected chi connectivity index (χ1v) is 7.99. The first-order valence-electron chi connectivity index (χ1n) is 7.17. The van der Waals surface area contributed by atoms with Crippen LogP contribution in [0.2, 0.25) is 0 Å². The monoisotopic (exact) mass is 266 g/mol. The van der Waals surface area contributed by atoms with Crippen LogP contribution in [0.1, 0.15) is 41.0 Å². The van der Waals surface area contributed by atoms with Crippen LogP contribution >= 0.6 is 11.3 Å². The molecule has 0 bridgehead atoms. The Balaban J connectivity index is 1.77. The molecule has 2 nitrogen and oxygen atoms in total. The van der Waals surface area contributed by atoms with Crippen molar-refractivity contribution in [3.8, 4) is 0 Å². The number of nitrogens with one attached hydrogen (secondary N) is 1. The Morgan fingerprint density at radius 2 is 2.00 bits per heavy atom. The van der Waals surface area contributed by atoms with E-state index in [2.05, 4.69) is 25.2 Å². The zero-order valence-corrected chi connectivity index (χ0v) is 12.5. The van der Waals surface area contributed by atoms with Gasteiger partial charge < -0.3 is 11.1 Å². The third kappa shape index (κ3) is 3.56. The first kappa shape index (κ1) is 14.0. The van der Waals surface area contributed by atoms with Gasteiger partial charge in [-0.05, 0) is 63.2 Å². The van der Waals surface area contributed by atoms with Gasteiger partial charge in [-0.2, -0.15) is 0 Å². The van der Waals surface area contributed by atoms with E-state index >= 15 is 0 Å². The van der Waals surface area contributed by atoms with Gasteiger partial charge in [-0.1, -0.05) is 12.8 Å². The lowest BCUT2D eigenvalue weighted by atomic mass is 9.79. The lowest BCUT2D eigenvalue weighted by Crippen LogP contribution is -2.34. The van der Waals surface area contributed by atoms with E-state index in [1.165, 1.54) is 41.0 Å². The maximum atomic E-state index is 5.87. The van der Waals surface area contributed by atoms with E-state index in [1.807, 2.05) is 11.3 Å². The molecule has 0 aromatic carbocycles. The molecule has 2 atom stereocenters. The van der Waals surface area contributed by atoms with Gasteiger partial charge in [0.2, 0.25) is 0 Å². The first-order chi connectivity index (χ1) is 8.70. The van der Waals surface area contributed by atoms with Crippen molar-refractivity contribution in [2.75, 3.05) is 13.1 Å². The van der Waals surface area contributed by atoms with Gasteiger partial charge in [-0.3, -0.25) is 0 Å². The van der Waals surface area contributed by atoms with Gasteiger partial charge in [-0.25, -0.2) is 0 Å². The summed E-state index contributed by atoms with van der Waals surface area (Å²) in [5.41, 5.74) is 7.30. The summed E-state index contributed by atoms with van der Waals surface area (Å²) < 4.78 is 0. The zero-order valence-electron chi connectivity index (χ0n) is 11.7. The zero-order chi connectivity index (χ0) is 13.0. The van der Waals surface area contributed by atoms with E-state index in [0.29, 0.717) is 0 Å². The standard InChI is InChI=1S/C15H26N2S/c1-11-7-15(18-12(11)2)10-17-9-14-6-4-3-5-13(14)8-16/h7,13-14,17H,3-6,8-10,16H2,1-2H3. The Hall–Kier alpha value is -0.380. The van der Waals surface area contributed by atoms with E-state index in [1.54, 1.807) is 0 Å². The van der Waals surface area contributed by atoms with Crippen LogP contribution in [0.4, 0.5) is 0 Å². The Bertz CT molecular complexity index is 353. The highest BCUT2D eigenvalue weighted by Crippen LogP contribution is 2.29. The normalized spacial score (nSPS) is 24.4. The maximum Gasteiger partial charge on any atom is 0.0300 e. The van der Waals surface area contributed by atoms with E-state index in [0.717, 1.165) is 31.5 Å². The van der Waals surface area contributed by atoms with Gasteiger partial charge in [0.15, 0.2) is 0 Å². The minimum Gasteiger partial charge on any atom is -0.330 e. The van der Waals surface area contributed by atoms with Gasteiger partial charge in [0.25, 0.3) is 0 Å². The maximum absolute atomic E-state index is 5.87. The predicted molar refractivity (Wildman–Crippen MR) is 80.0 cm³/mol. The van der Waals surface area contributed by atoms with Crippen molar-refractivity contribution in [2.45, 2.75) is 46.1 Å².